The van der Waals surface area contributed by atoms with Crippen molar-refractivity contribution in [2.75, 3.05) is 17.7 Å². The summed E-state index contributed by atoms with van der Waals surface area (Å²) in [6.45, 7) is 3.95. The van der Waals surface area contributed by atoms with Gasteiger partial charge in [-0.3, -0.25) is 0 Å². The molecule has 0 fully saturated rings. The van der Waals surface area contributed by atoms with E-state index in [1.807, 2.05) is 56.1 Å². The number of rotatable bonds is 2. The molecular weight excluding hydrogens is 200 g/mol. The Morgan fingerprint density at radius 3 is 2.44 bits per heavy atom. The molecule has 3 heteroatoms. The Labute approximate surface area is 95.5 Å². The Hall–Kier alpha value is -1.90. The van der Waals surface area contributed by atoms with Crippen molar-refractivity contribution in [3.63, 3.8) is 0 Å². The molecule has 2 N–H and O–H groups in total. The summed E-state index contributed by atoms with van der Waals surface area (Å²) in [5, 5.41) is 0. The first-order valence-electron chi connectivity index (χ1n) is 5.24. The molecule has 1 aromatic carbocycles. The molecule has 0 atom stereocenters. The highest BCUT2D eigenvalue weighted by atomic mass is 16.4. The summed E-state index contributed by atoms with van der Waals surface area (Å²) in [6, 6.07) is 9.88. The van der Waals surface area contributed by atoms with Gasteiger partial charge in [0, 0.05) is 13.1 Å². The van der Waals surface area contributed by atoms with E-state index in [9.17, 15) is 0 Å². The van der Waals surface area contributed by atoms with E-state index in [0.29, 0.717) is 0 Å². The Kier molecular flexibility index (Phi) is 2.60. The van der Waals surface area contributed by atoms with Gasteiger partial charge in [0.05, 0.1) is 11.4 Å². The standard InChI is InChI=1S/C13H16N2O/c1-9-4-6-12(11(14)8-9)15(3)13-7-5-10(2)16-13/h4-8H,14H2,1-3H3. The molecule has 16 heavy (non-hydrogen) atoms. The van der Waals surface area contributed by atoms with E-state index < -0.39 is 0 Å². The van der Waals surface area contributed by atoms with E-state index in [-0.39, 0.29) is 0 Å². The van der Waals surface area contributed by atoms with Crippen LogP contribution in [0, 0.1) is 13.8 Å². The summed E-state index contributed by atoms with van der Waals surface area (Å²) in [7, 11) is 1.94. The number of hydrogen-bond acceptors (Lipinski definition) is 3. The molecule has 0 aliphatic carbocycles. The van der Waals surface area contributed by atoms with Crippen LogP contribution >= 0.6 is 0 Å². The summed E-state index contributed by atoms with van der Waals surface area (Å²) in [4.78, 5) is 1.95. The lowest BCUT2D eigenvalue weighted by atomic mass is 10.2. The van der Waals surface area contributed by atoms with Crippen LogP contribution in [0.25, 0.3) is 0 Å². The first-order chi connectivity index (χ1) is 7.58. The van der Waals surface area contributed by atoms with Crippen molar-refractivity contribution < 1.29 is 4.42 Å². The van der Waals surface area contributed by atoms with Crippen LogP contribution in [0.1, 0.15) is 11.3 Å². The van der Waals surface area contributed by atoms with Crippen LogP contribution in [0.2, 0.25) is 0 Å². The van der Waals surface area contributed by atoms with Crippen molar-refractivity contribution in [1.82, 2.24) is 0 Å². The van der Waals surface area contributed by atoms with Gasteiger partial charge in [0.1, 0.15) is 5.76 Å². The van der Waals surface area contributed by atoms with E-state index in [1.165, 1.54) is 0 Å². The smallest absolute Gasteiger partial charge is 0.199 e. The number of nitrogens with two attached hydrogens (primary N) is 1. The van der Waals surface area contributed by atoms with Crippen molar-refractivity contribution in [3.05, 3.63) is 41.7 Å². The first-order valence-corrected chi connectivity index (χ1v) is 5.24. The second-order valence-electron chi connectivity index (χ2n) is 4.01. The van der Waals surface area contributed by atoms with Gasteiger partial charge in [-0.05, 0) is 37.6 Å². The molecule has 0 aliphatic heterocycles. The normalized spacial score (nSPS) is 10.4. The molecule has 2 rings (SSSR count). The van der Waals surface area contributed by atoms with E-state index in [2.05, 4.69) is 0 Å². The highest BCUT2D eigenvalue weighted by Crippen LogP contribution is 2.30. The third-order valence-electron chi connectivity index (χ3n) is 2.60. The monoisotopic (exact) mass is 216 g/mol. The van der Waals surface area contributed by atoms with Crippen LogP contribution < -0.4 is 10.6 Å². The highest BCUT2D eigenvalue weighted by Gasteiger charge is 2.10. The summed E-state index contributed by atoms with van der Waals surface area (Å²) >= 11 is 0. The lowest BCUT2D eigenvalue weighted by Crippen LogP contribution is -2.10. The van der Waals surface area contributed by atoms with Crippen LogP contribution in [0.3, 0.4) is 0 Å². The summed E-state index contributed by atoms with van der Waals surface area (Å²) < 4.78 is 5.56. The number of hydrogen-bond donors (Lipinski definition) is 1. The Morgan fingerprint density at radius 1 is 1.12 bits per heavy atom. The zero-order valence-electron chi connectivity index (χ0n) is 9.82. The van der Waals surface area contributed by atoms with E-state index in [1.54, 1.807) is 0 Å². The van der Waals surface area contributed by atoms with E-state index >= 15 is 0 Å². The number of nitrogens with zero attached hydrogens (tertiary/aromatic N) is 1. The van der Waals surface area contributed by atoms with E-state index in [0.717, 1.165) is 28.6 Å². The van der Waals surface area contributed by atoms with Crippen molar-refractivity contribution >= 4 is 17.3 Å². The van der Waals surface area contributed by atoms with Crippen LogP contribution in [-0.4, -0.2) is 7.05 Å². The maximum absolute atomic E-state index is 5.98. The van der Waals surface area contributed by atoms with Gasteiger partial charge in [-0.15, -0.1) is 0 Å². The van der Waals surface area contributed by atoms with Crippen LogP contribution in [0.5, 0.6) is 0 Å². The summed E-state index contributed by atoms with van der Waals surface area (Å²) in [6.07, 6.45) is 0. The van der Waals surface area contributed by atoms with Gasteiger partial charge >= 0.3 is 0 Å². The zero-order valence-corrected chi connectivity index (χ0v) is 9.82. The minimum atomic E-state index is 0.761. The largest absolute Gasteiger partial charge is 0.446 e. The first kappa shape index (κ1) is 10.6. The zero-order chi connectivity index (χ0) is 11.7. The molecule has 84 valence electrons. The van der Waals surface area contributed by atoms with Crippen molar-refractivity contribution in [1.29, 1.82) is 0 Å². The molecule has 1 aromatic heterocycles. The molecule has 0 bridgehead atoms. The maximum atomic E-state index is 5.98. The predicted octanol–water partition coefficient (Wildman–Crippen LogP) is 3.25. The molecular formula is C13H16N2O. The predicted molar refractivity (Wildman–Crippen MR) is 67.1 cm³/mol. The molecule has 0 spiro atoms. The Morgan fingerprint density at radius 2 is 1.88 bits per heavy atom. The summed E-state index contributed by atoms with van der Waals surface area (Å²) in [5.74, 6) is 1.69. The SMILES string of the molecule is Cc1ccc(N(C)c2ccc(C)o2)c(N)c1. The minimum Gasteiger partial charge on any atom is -0.446 e. The maximum Gasteiger partial charge on any atom is 0.199 e. The molecule has 0 saturated carbocycles. The van der Waals surface area contributed by atoms with Gasteiger partial charge in [-0.1, -0.05) is 6.07 Å². The number of anilines is 3. The molecule has 0 radical (unpaired) electrons. The van der Waals surface area contributed by atoms with E-state index in [4.69, 9.17) is 10.2 Å². The third-order valence-corrected chi connectivity index (χ3v) is 2.60. The third kappa shape index (κ3) is 1.89. The van der Waals surface area contributed by atoms with Crippen molar-refractivity contribution in [2.45, 2.75) is 13.8 Å². The Bertz CT molecular complexity index is 502. The molecule has 2 aromatic rings. The highest BCUT2D eigenvalue weighted by molar-refractivity contribution is 5.73. The topological polar surface area (TPSA) is 42.4 Å². The van der Waals surface area contributed by atoms with Crippen LogP contribution in [-0.2, 0) is 0 Å². The number of nitrogen functional groups attached to an aromatic ring is 1. The molecule has 0 saturated heterocycles. The fraction of sp³-hybridized carbons (Fsp3) is 0.231. The molecule has 0 amide bonds. The van der Waals surface area contributed by atoms with Gasteiger partial charge in [0.15, 0.2) is 5.88 Å². The molecule has 3 nitrogen and oxygen atoms in total. The number of benzene rings is 1. The molecule has 0 unspecified atom stereocenters. The fourth-order valence-electron chi connectivity index (χ4n) is 1.70. The van der Waals surface area contributed by atoms with Crippen molar-refractivity contribution in [2.24, 2.45) is 0 Å². The van der Waals surface area contributed by atoms with Gasteiger partial charge in [0.2, 0.25) is 0 Å². The average molecular weight is 216 g/mol. The lowest BCUT2D eigenvalue weighted by molar-refractivity contribution is 0.538. The van der Waals surface area contributed by atoms with Crippen LogP contribution in [0.15, 0.2) is 34.7 Å². The van der Waals surface area contributed by atoms with Crippen molar-refractivity contribution in [3.8, 4) is 0 Å². The quantitative estimate of drug-likeness (QED) is 0.783. The van der Waals surface area contributed by atoms with Gasteiger partial charge in [-0.2, -0.15) is 0 Å². The van der Waals surface area contributed by atoms with Gasteiger partial charge in [0.25, 0.3) is 0 Å². The van der Waals surface area contributed by atoms with Gasteiger partial charge in [-0.25, -0.2) is 0 Å². The average Bonchev–Trinajstić information content (AvgIpc) is 2.64. The second kappa shape index (κ2) is 3.93. The van der Waals surface area contributed by atoms with Crippen LogP contribution in [0.4, 0.5) is 17.3 Å². The second-order valence-corrected chi connectivity index (χ2v) is 4.01. The summed E-state index contributed by atoms with van der Waals surface area (Å²) in [5.41, 5.74) is 8.86. The fourth-order valence-corrected chi connectivity index (χ4v) is 1.70. The van der Waals surface area contributed by atoms with Gasteiger partial charge < -0.3 is 15.1 Å². The minimum absolute atomic E-state index is 0.761. The molecule has 1 heterocycles. The Balaban J connectivity index is 2.37. The molecule has 0 aliphatic rings. The number of furan rings is 1. The lowest BCUT2D eigenvalue weighted by Gasteiger charge is -2.18. The number of aryl methyl sites for hydroxylation is 2.